The van der Waals surface area contributed by atoms with Crippen molar-refractivity contribution in [2.75, 3.05) is 6.54 Å². The van der Waals surface area contributed by atoms with Gasteiger partial charge >= 0.3 is 0 Å². The third-order valence-corrected chi connectivity index (χ3v) is 4.47. The minimum atomic E-state index is -0.0745. The topological polar surface area (TPSA) is 87.9 Å². The number of hydrogen-bond acceptors (Lipinski definition) is 6. The van der Waals surface area contributed by atoms with Crippen molar-refractivity contribution in [3.05, 3.63) is 63.5 Å². The Morgan fingerprint density at radius 1 is 1.24 bits per heavy atom. The first-order valence-corrected chi connectivity index (χ1v) is 8.28. The van der Waals surface area contributed by atoms with Gasteiger partial charge in [-0.05, 0) is 19.1 Å². The Kier molecular flexibility index (Phi) is 3.93. The van der Waals surface area contributed by atoms with E-state index < -0.39 is 0 Å². The first-order valence-electron chi connectivity index (χ1n) is 8.28. The summed E-state index contributed by atoms with van der Waals surface area (Å²) in [4.78, 5) is 30.7. The normalized spacial score (nSPS) is 14.5. The summed E-state index contributed by atoms with van der Waals surface area (Å²) < 4.78 is 5.49. The van der Waals surface area contributed by atoms with Gasteiger partial charge in [-0.3, -0.25) is 14.7 Å². The Hall–Kier alpha value is -2.80. The van der Waals surface area contributed by atoms with Crippen LogP contribution < -0.4 is 5.56 Å². The van der Waals surface area contributed by atoms with Gasteiger partial charge in [-0.15, -0.1) is 0 Å². The fourth-order valence-corrected chi connectivity index (χ4v) is 3.19. The molecule has 3 aromatic rings. The highest BCUT2D eigenvalue weighted by atomic mass is 16.4. The summed E-state index contributed by atoms with van der Waals surface area (Å²) in [7, 11) is 0. The molecule has 0 bridgehead atoms. The lowest BCUT2D eigenvalue weighted by atomic mass is 10.1. The van der Waals surface area contributed by atoms with Crippen molar-refractivity contribution in [2.24, 2.45) is 0 Å². The largest absolute Gasteiger partial charge is 0.446 e. The number of hydrogen-bond donors (Lipinski definition) is 1. The SMILES string of the molecule is Cc1nc(CN2CCc3nc(-c4ccncc4)[nH]c(=O)c3C2)c(C)o1. The molecule has 0 spiro atoms. The zero-order chi connectivity index (χ0) is 17.4. The molecule has 0 unspecified atom stereocenters. The van der Waals surface area contributed by atoms with Gasteiger partial charge in [0.25, 0.3) is 5.56 Å². The van der Waals surface area contributed by atoms with Crippen LogP contribution in [0.25, 0.3) is 11.4 Å². The molecule has 1 N–H and O–H groups in total. The van der Waals surface area contributed by atoms with Crippen molar-refractivity contribution in [1.29, 1.82) is 0 Å². The van der Waals surface area contributed by atoms with Gasteiger partial charge < -0.3 is 9.40 Å². The molecule has 4 heterocycles. The van der Waals surface area contributed by atoms with Gasteiger partial charge in [0.15, 0.2) is 5.89 Å². The van der Waals surface area contributed by atoms with Gasteiger partial charge in [0.05, 0.1) is 17.0 Å². The maximum absolute atomic E-state index is 12.6. The highest BCUT2D eigenvalue weighted by Crippen LogP contribution is 2.20. The molecule has 7 heteroatoms. The minimum Gasteiger partial charge on any atom is -0.446 e. The quantitative estimate of drug-likeness (QED) is 0.786. The molecule has 0 saturated heterocycles. The van der Waals surface area contributed by atoms with Crippen LogP contribution >= 0.6 is 0 Å². The van der Waals surface area contributed by atoms with Crippen LogP contribution in [-0.2, 0) is 19.5 Å². The standard InChI is InChI=1S/C18H19N5O2/c1-11-16(20-12(2)25-11)10-23-8-5-15-14(9-23)18(24)22-17(21-15)13-3-6-19-7-4-13/h3-4,6-7H,5,8-10H2,1-2H3,(H,21,22,24). The van der Waals surface area contributed by atoms with E-state index in [0.29, 0.717) is 24.8 Å². The molecule has 0 amide bonds. The number of pyridine rings is 1. The number of H-pyrrole nitrogens is 1. The van der Waals surface area contributed by atoms with Crippen LogP contribution in [0, 0.1) is 13.8 Å². The van der Waals surface area contributed by atoms with Crippen LogP contribution in [0.3, 0.4) is 0 Å². The second kappa shape index (κ2) is 6.25. The maximum atomic E-state index is 12.6. The Labute approximate surface area is 144 Å². The summed E-state index contributed by atoms with van der Waals surface area (Å²) in [5, 5.41) is 0. The zero-order valence-corrected chi connectivity index (χ0v) is 14.2. The van der Waals surface area contributed by atoms with Crippen molar-refractivity contribution in [1.82, 2.24) is 24.8 Å². The van der Waals surface area contributed by atoms with E-state index in [4.69, 9.17) is 4.42 Å². The first-order chi connectivity index (χ1) is 12.1. The van der Waals surface area contributed by atoms with Crippen molar-refractivity contribution in [3.8, 4) is 11.4 Å². The molecule has 0 radical (unpaired) electrons. The molecule has 4 rings (SSSR count). The summed E-state index contributed by atoms with van der Waals surface area (Å²) in [6, 6.07) is 3.69. The Morgan fingerprint density at radius 2 is 2.04 bits per heavy atom. The Bertz CT molecular complexity index is 961. The minimum absolute atomic E-state index is 0.0745. The molecule has 128 valence electrons. The van der Waals surface area contributed by atoms with E-state index in [-0.39, 0.29) is 5.56 Å². The molecule has 1 aliphatic heterocycles. The molecular weight excluding hydrogens is 318 g/mol. The third-order valence-electron chi connectivity index (χ3n) is 4.47. The second-order valence-corrected chi connectivity index (χ2v) is 6.27. The van der Waals surface area contributed by atoms with E-state index >= 15 is 0 Å². The lowest BCUT2D eigenvalue weighted by molar-refractivity contribution is 0.238. The van der Waals surface area contributed by atoms with Crippen molar-refractivity contribution < 1.29 is 4.42 Å². The van der Waals surface area contributed by atoms with Crippen LogP contribution in [-0.4, -0.2) is 31.4 Å². The number of nitrogens with zero attached hydrogens (tertiary/aromatic N) is 4. The molecule has 7 nitrogen and oxygen atoms in total. The van der Waals surface area contributed by atoms with E-state index in [0.717, 1.165) is 41.2 Å². The van der Waals surface area contributed by atoms with E-state index in [2.05, 4.69) is 24.8 Å². The van der Waals surface area contributed by atoms with Gasteiger partial charge in [0, 0.05) is 50.9 Å². The van der Waals surface area contributed by atoms with Crippen LogP contribution in [0.15, 0.2) is 33.7 Å². The smallest absolute Gasteiger partial charge is 0.255 e. The summed E-state index contributed by atoms with van der Waals surface area (Å²) in [5.74, 6) is 2.11. The van der Waals surface area contributed by atoms with Gasteiger partial charge in [-0.2, -0.15) is 0 Å². The number of aromatic amines is 1. The van der Waals surface area contributed by atoms with Gasteiger partial charge in [0.2, 0.25) is 0 Å². The van der Waals surface area contributed by atoms with E-state index in [1.54, 1.807) is 12.4 Å². The number of rotatable bonds is 3. The number of aromatic nitrogens is 4. The van der Waals surface area contributed by atoms with Crippen LogP contribution in [0.4, 0.5) is 0 Å². The third kappa shape index (κ3) is 3.10. The van der Waals surface area contributed by atoms with Gasteiger partial charge in [0.1, 0.15) is 11.6 Å². The molecule has 0 fully saturated rings. The number of fused-ring (bicyclic) bond motifs is 1. The molecule has 3 aromatic heterocycles. The molecule has 0 saturated carbocycles. The van der Waals surface area contributed by atoms with Crippen molar-refractivity contribution in [2.45, 2.75) is 33.4 Å². The van der Waals surface area contributed by atoms with Crippen molar-refractivity contribution in [3.63, 3.8) is 0 Å². The molecule has 0 atom stereocenters. The summed E-state index contributed by atoms with van der Waals surface area (Å²) in [6.45, 7) is 5.85. The molecule has 25 heavy (non-hydrogen) atoms. The first kappa shape index (κ1) is 15.7. The van der Waals surface area contributed by atoms with Crippen LogP contribution in [0.2, 0.25) is 0 Å². The fourth-order valence-electron chi connectivity index (χ4n) is 3.19. The highest BCUT2D eigenvalue weighted by molar-refractivity contribution is 5.54. The lowest BCUT2D eigenvalue weighted by Crippen LogP contribution is -2.35. The monoisotopic (exact) mass is 337 g/mol. The van der Waals surface area contributed by atoms with E-state index in [1.807, 2.05) is 26.0 Å². The highest BCUT2D eigenvalue weighted by Gasteiger charge is 2.23. The molecule has 0 aromatic carbocycles. The van der Waals surface area contributed by atoms with Gasteiger partial charge in [-0.1, -0.05) is 0 Å². The van der Waals surface area contributed by atoms with E-state index in [1.165, 1.54) is 0 Å². The Morgan fingerprint density at radius 3 is 2.76 bits per heavy atom. The fraction of sp³-hybridized carbons (Fsp3) is 0.333. The molecule has 1 aliphatic rings. The van der Waals surface area contributed by atoms with Crippen molar-refractivity contribution >= 4 is 0 Å². The summed E-state index contributed by atoms with van der Waals surface area (Å²) in [5.41, 5.74) is 3.33. The number of aryl methyl sites for hydroxylation is 2. The van der Waals surface area contributed by atoms with Gasteiger partial charge in [-0.25, -0.2) is 9.97 Å². The summed E-state index contributed by atoms with van der Waals surface area (Å²) >= 11 is 0. The maximum Gasteiger partial charge on any atom is 0.255 e. The zero-order valence-electron chi connectivity index (χ0n) is 14.2. The second-order valence-electron chi connectivity index (χ2n) is 6.27. The predicted octanol–water partition coefficient (Wildman–Crippen LogP) is 2.00. The summed E-state index contributed by atoms with van der Waals surface area (Å²) in [6.07, 6.45) is 4.13. The van der Waals surface area contributed by atoms with E-state index in [9.17, 15) is 4.79 Å². The lowest BCUT2D eigenvalue weighted by Gasteiger charge is -2.27. The average molecular weight is 337 g/mol. The Balaban J connectivity index is 1.59. The van der Waals surface area contributed by atoms with Crippen LogP contribution in [0.1, 0.15) is 28.6 Å². The number of nitrogens with one attached hydrogen (secondary N) is 1. The molecular formula is C18H19N5O2. The number of oxazole rings is 1. The van der Waals surface area contributed by atoms with Crippen LogP contribution in [0.5, 0.6) is 0 Å². The predicted molar refractivity (Wildman–Crippen MR) is 91.9 cm³/mol. The molecule has 0 aliphatic carbocycles. The average Bonchev–Trinajstić information content (AvgIpc) is 2.93.